The molecular weight excluding hydrogens is 158 g/mol. The van der Waals surface area contributed by atoms with E-state index in [1.165, 1.54) is 0 Å². The molecule has 6 aliphatic rings. The van der Waals surface area contributed by atoms with Crippen LogP contribution in [0.25, 0.3) is 0 Å². The highest BCUT2D eigenvalue weighted by Gasteiger charge is 3.07. The summed E-state index contributed by atoms with van der Waals surface area (Å²) in [5, 5.41) is 0. The predicted molar refractivity (Wildman–Crippen MR) is 43.2 cm³/mol. The van der Waals surface area contributed by atoms with Crippen LogP contribution in [0.4, 0.5) is 0 Å². The zero-order valence-corrected chi connectivity index (χ0v) is 7.27. The first-order valence-corrected chi connectivity index (χ1v) is 4.52. The second-order valence-electron chi connectivity index (χ2n) is 5.52. The van der Waals surface area contributed by atoms with E-state index in [1.54, 1.807) is 0 Å². The third kappa shape index (κ3) is 0.192. The zero-order chi connectivity index (χ0) is 6.46. The summed E-state index contributed by atoms with van der Waals surface area (Å²) in [6, 6.07) is 0. The van der Waals surface area contributed by atoms with Crippen LogP contribution in [0, 0.1) is 40.9 Å². The Balaban J connectivity index is 0.000000392. The van der Waals surface area contributed by atoms with Crippen LogP contribution in [0.3, 0.4) is 0 Å². The molecule has 6 fully saturated rings. The number of halogens is 1. The molecule has 6 aliphatic carbocycles. The highest BCUT2D eigenvalue weighted by molar-refractivity contribution is 5.85. The van der Waals surface area contributed by atoms with Crippen LogP contribution in [0.2, 0.25) is 0 Å². The lowest BCUT2D eigenvalue weighted by Crippen LogP contribution is -3.14. The Morgan fingerprint density at radius 3 is 1.55 bits per heavy atom. The van der Waals surface area contributed by atoms with Crippen LogP contribution in [0.1, 0.15) is 6.92 Å². The van der Waals surface area contributed by atoms with E-state index in [0.717, 1.165) is 40.9 Å². The largest absolute Gasteiger partial charge is 0.324 e. The Morgan fingerprint density at radius 2 is 1.27 bits per heavy atom. The van der Waals surface area contributed by atoms with Gasteiger partial charge in [0.1, 0.15) is 0 Å². The highest BCUT2D eigenvalue weighted by atomic mass is 35.5. The molecular formula is C9H12ClN. The van der Waals surface area contributed by atoms with E-state index in [1.807, 2.05) is 0 Å². The Labute approximate surface area is 72.1 Å². The summed E-state index contributed by atoms with van der Waals surface area (Å²) in [6.07, 6.45) is 0. The van der Waals surface area contributed by atoms with Crippen molar-refractivity contribution in [3.05, 3.63) is 0 Å². The smallest absolute Gasteiger partial charge is 0.0257 e. The summed E-state index contributed by atoms with van der Waals surface area (Å²) < 4.78 is 0. The average Bonchev–Trinajstić information content (AvgIpc) is 1.99. The van der Waals surface area contributed by atoms with Gasteiger partial charge in [-0.2, -0.15) is 0 Å². The lowest BCUT2D eigenvalue weighted by molar-refractivity contribution is -0.615. The molecule has 11 heavy (non-hydrogen) atoms. The van der Waals surface area contributed by atoms with Crippen LogP contribution in [0.5, 0.6) is 0 Å². The number of hydrogen-bond acceptors (Lipinski definition) is 1. The molecule has 2 N–H and O–H groups in total. The van der Waals surface area contributed by atoms with Gasteiger partial charge in [-0.15, -0.1) is 12.4 Å². The van der Waals surface area contributed by atoms with Gasteiger partial charge >= 0.3 is 0 Å². The third-order valence-corrected chi connectivity index (χ3v) is 6.21. The average molecular weight is 170 g/mol. The molecule has 0 atom stereocenters. The molecule has 0 bridgehead atoms. The minimum atomic E-state index is 0. The van der Waals surface area contributed by atoms with Crippen LogP contribution in [-0.2, 0) is 0 Å². The lowest BCUT2D eigenvalue weighted by atomic mass is 8.94. The number of rotatable bonds is 0. The van der Waals surface area contributed by atoms with E-state index in [9.17, 15) is 0 Å². The third-order valence-electron chi connectivity index (χ3n) is 6.21. The maximum absolute atomic E-state index is 6.24. The van der Waals surface area contributed by atoms with Gasteiger partial charge in [0.15, 0.2) is 0 Å². The first-order valence-electron chi connectivity index (χ1n) is 4.52. The molecule has 6 saturated carbocycles. The Bertz CT molecular complexity index is 214. The summed E-state index contributed by atoms with van der Waals surface area (Å²) in [4.78, 5) is 0. The predicted octanol–water partition coefficient (Wildman–Crippen LogP) is 0.877. The Kier molecular flexibility index (Phi) is 0.507. The summed E-state index contributed by atoms with van der Waals surface area (Å²) in [6.45, 7) is 2.51. The van der Waals surface area contributed by atoms with E-state index in [4.69, 9.17) is 5.73 Å². The normalized spacial score (nSPS) is 94.4. The number of nitrogens with two attached hydrogens (primary N) is 1. The summed E-state index contributed by atoms with van der Waals surface area (Å²) in [5.74, 6) is 6.44. The monoisotopic (exact) mass is 169 g/mol. The molecule has 0 aliphatic heterocycles. The van der Waals surface area contributed by atoms with Crippen molar-refractivity contribution in [2.45, 2.75) is 12.5 Å². The minimum Gasteiger partial charge on any atom is -0.324 e. The maximum Gasteiger partial charge on any atom is 0.0257 e. The van der Waals surface area contributed by atoms with Gasteiger partial charge in [-0.25, -0.2) is 0 Å². The molecule has 60 valence electrons. The molecule has 0 unspecified atom stereocenters. The lowest BCUT2D eigenvalue weighted by Gasteiger charge is -3.10. The van der Waals surface area contributed by atoms with Gasteiger partial charge in [-0.3, -0.25) is 0 Å². The van der Waals surface area contributed by atoms with Crippen LogP contribution < -0.4 is 5.73 Å². The Morgan fingerprint density at radius 1 is 0.909 bits per heavy atom. The molecule has 0 saturated heterocycles. The van der Waals surface area contributed by atoms with Gasteiger partial charge in [-0.05, 0) is 40.9 Å². The molecule has 0 aromatic heterocycles. The van der Waals surface area contributed by atoms with Crippen molar-refractivity contribution in [3.63, 3.8) is 0 Å². The molecule has 0 aromatic carbocycles. The minimum absolute atomic E-state index is 0. The quantitative estimate of drug-likeness (QED) is 0.573. The SMILES string of the molecule is CC12C3C4C1C1C2C3C41N.Cl. The fraction of sp³-hybridized carbons (Fsp3) is 1.00. The van der Waals surface area contributed by atoms with Crippen molar-refractivity contribution < 1.29 is 0 Å². The van der Waals surface area contributed by atoms with E-state index < -0.39 is 0 Å². The molecule has 1 nitrogen and oxygen atoms in total. The van der Waals surface area contributed by atoms with Gasteiger partial charge in [0.25, 0.3) is 0 Å². The summed E-state index contributed by atoms with van der Waals surface area (Å²) in [7, 11) is 0. The molecule has 0 aromatic rings. The Hall–Kier alpha value is 0.250. The second-order valence-corrected chi connectivity index (χ2v) is 5.52. The van der Waals surface area contributed by atoms with Gasteiger partial charge in [0, 0.05) is 5.54 Å². The summed E-state index contributed by atoms with van der Waals surface area (Å²) >= 11 is 0. The van der Waals surface area contributed by atoms with Crippen molar-refractivity contribution in [2.75, 3.05) is 0 Å². The van der Waals surface area contributed by atoms with Gasteiger partial charge < -0.3 is 5.73 Å². The number of hydrogen-bond donors (Lipinski definition) is 1. The van der Waals surface area contributed by atoms with Crippen molar-refractivity contribution in [2.24, 2.45) is 46.7 Å². The van der Waals surface area contributed by atoms with Gasteiger partial charge in [-0.1, -0.05) is 6.92 Å². The van der Waals surface area contributed by atoms with Crippen molar-refractivity contribution in [1.29, 1.82) is 0 Å². The van der Waals surface area contributed by atoms with E-state index in [0.29, 0.717) is 5.54 Å². The van der Waals surface area contributed by atoms with Crippen molar-refractivity contribution >= 4 is 12.4 Å². The van der Waals surface area contributed by atoms with Crippen LogP contribution in [0.15, 0.2) is 0 Å². The van der Waals surface area contributed by atoms with Crippen LogP contribution in [-0.4, -0.2) is 5.54 Å². The van der Waals surface area contributed by atoms with Crippen molar-refractivity contribution in [1.82, 2.24) is 0 Å². The zero-order valence-electron chi connectivity index (χ0n) is 6.45. The molecule has 0 heterocycles. The van der Waals surface area contributed by atoms with E-state index >= 15 is 0 Å². The first kappa shape index (κ1) is 5.82. The van der Waals surface area contributed by atoms with E-state index in [2.05, 4.69) is 6.92 Å². The van der Waals surface area contributed by atoms with Crippen LogP contribution >= 0.6 is 12.4 Å². The van der Waals surface area contributed by atoms with E-state index in [-0.39, 0.29) is 12.4 Å². The fourth-order valence-electron chi connectivity index (χ4n) is 6.15. The second kappa shape index (κ2) is 0.958. The molecule has 0 radical (unpaired) electrons. The maximum atomic E-state index is 6.24. The highest BCUT2D eigenvalue weighted by Crippen LogP contribution is 3.06. The molecule has 0 amide bonds. The first-order chi connectivity index (χ1) is 4.73. The van der Waals surface area contributed by atoms with Gasteiger partial charge in [0.05, 0.1) is 0 Å². The molecule has 2 heteroatoms. The standard InChI is InChI=1S/C9H11N.ClH/c1-8-2-5-3(8)7-4(8)6(2)9(5,7)10;/h2-7H,10H2,1H3;1H. The molecule has 6 rings (SSSR count). The molecule has 0 spiro atoms. The fourth-order valence-corrected chi connectivity index (χ4v) is 6.15. The van der Waals surface area contributed by atoms with Crippen molar-refractivity contribution in [3.8, 4) is 0 Å². The summed E-state index contributed by atoms with van der Waals surface area (Å²) in [5.41, 5.74) is 7.55. The topological polar surface area (TPSA) is 26.0 Å². The van der Waals surface area contributed by atoms with Gasteiger partial charge in [0.2, 0.25) is 0 Å².